The zero-order valence-corrected chi connectivity index (χ0v) is 18.7. The van der Waals surface area contributed by atoms with E-state index < -0.39 is 23.7 Å². The van der Waals surface area contributed by atoms with Crippen LogP contribution in [0, 0.1) is 17.2 Å². The lowest BCUT2D eigenvalue weighted by atomic mass is 9.78. The Morgan fingerprint density at radius 3 is 2.50 bits per heavy atom. The molecular weight excluding hydrogens is 450 g/mol. The fourth-order valence-electron chi connectivity index (χ4n) is 3.33. The minimum absolute atomic E-state index is 0.0101. The number of carbonyl (C=O) groups excluding carboxylic acids is 3. The Labute approximate surface area is 194 Å². The predicted molar refractivity (Wildman–Crippen MR) is 121 cm³/mol. The first-order valence-electron chi connectivity index (χ1n) is 9.66. The third kappa shape index (κ3) is 5.49. The number of benzene rings is 2. The summed E-state index contributed by atoms with van der Waals surface area (Å²) in [6.07, 6.45) is 0. The van der Waals surface area contributed by atoms with Crippen molar-refractivity contribution in [3.8, 4) is 6.07 Å². The molecule has 0 spiro atoms. The van der Waals surface area contributed by atoms with E-state index >= 15 is 0 Å². The van der Waals surface area contributed by atoms with Gasteiger partial charge in [0.1, 0.15) is 5.92 Å². The summed E-state index contributed by atoms with van der Waals surface area (Å²) in [5.74, 6) is -3.69. The molecule has 3 rings (SSSR count). The predicted octanol–water partition coefficient (Wildman–Crippen LogP) is 3.13. The van der Waals surface area contributed by atoms with Gasteiger partial charge in [0.15, 0.2) is 0 Å². The SMILES string of the molecule is COC(=O)[C@@H]1C(=O)NC(SCC(=O)NCc2ccccc2)=C(C#N)[C@@H]1c1ccc(Cl)cc1. The first-order valence-corrected chi connectivity index (χ1v) is 11.0. The van der Waals surface area contributed by atoms with E-state index in [1.807, 2.05) is 30.3 Å². The Hall–Kier alpha value is -3.28. The van der Waals surface area contributed by atoms with E-state index in [9.17, 15) is 19.6 Å². The fourth-order valence-corrected chi connectivity index (χ4v) is 4.34. The van der Waals surface area contributed by atoms with Gasteiger partial charge in [-0.25, -0.2) is 0 Å². The molecule has 1 heterocycles. The quantitative estimate of drug-likeness (QED) is 0.476. The lowest BCUT2D eigenvalue weighted by Crippen LogP contribution is -2.44. The second kappa shape index (κ2) is 10.8. The van der Waals surface area contributed by atoms with Crippen molar-refractivity contribution in [2.75, 3.05) is 12.9 Å². The molecule has 0 aromatic heterocycles. The molecule has 0 radical (unpaired) electrons. The monoisotopic (exact) mass is 469 g/mol. The van der Waals surface area contributed by atoms with Crippen molar-refractivity contribution in [1.29, 1.82) is 5.26 Å². The van der Waals surface area contributed by atoms with Gasteiger partial charge in [0.2, 0.25) is 11.8 Å². The normalized spacial score (nSPS) is 17.8. The van der Waals surface area contributed by atoms with E-state index in [4.69, 9.17) is 16.3 Å². The number of halogens is 1. The number of rotatable bonds is 7. The van der Waals surface area contributed by atoms with Crippen LogP contribution in [0.4, 0.5) is 0 Å². The molecule has 0 saturated heterocycles. The Bertz CT molecular complexity index is 1080. The third-order valence-electron chi connectivity index (χ3n) is 4.89. The molecule has 0 fully saturated rings. The van der Waals surface area contributed by atoms with Crippen LogP contribution in [0.3, 0.4) is 0 Å². The minimum atomic E-state index is -1.23. The molecule has 2 atom stereocenters. The van der Waals surface area contributed by atoms with Crippen LogP contribution in [0.15, 0.2) is 65.2 Å². The first kappa shape index (κ1) is 23.4. The number of methoxy groups -OCH3 is 1. The number of allylic oxidation sites excluding steroid dienone is 1. The summed E-state index contributed by atoms with van der Waals surface area (Å²) >= 11 is 7.00. The smallest absolute Gasteiger partial charge is 0.319 e. The van der Waals surface area contributed by atoms with E-state index in [2.05, 4.69) is 16.7 Å². The summed E-state index contributed by atoms with van der Waals surface area (Å²) in [5, 5.41) is 16.0. The minimum Gasteiger partial charge on any atom is -0.468 e. The van der Waals surface area contributed by atoms with Crippen LogP contribution in [-0.4, -0.2) is 30.6 Å². The molecule has 32 heavy (non-hydrogen) atoms. The van der Waals surface area contributed by atoms with E-state index in [0.29, 0.717) is 17.1 Å². The highest BCUT2D eigenvalue weighted by atomic mass is 35.5. The van der Waals surface area contributed by atoms with E-state index in [-0.39, 0.29) is 22.3 Å². The van der Waals surface area contributed by atoms with Crippen LogP contribution < -0.4 is 10.6 Å². The van der Waals surface area contributed by atoms with E-state index in [1.165, 1.54) is 7.11 Å². The molecule has 0 unspecified atom stereocenters. The molecule has 1 aliphatic rings. The topological polar surface area (TPSA) is 108 Å². The number of nitriles is 1. The molecule has 2 aromatic carbocycles. The van der Waals surface area contributed by atoms with Crippen molar-refractivity contribution in [2.45, 2.75) is 12.5 Å². The maximum atomic E-state index is 12.8. The van der Waals surface area contributed by atoms with Crippen molar-refractivity contribution >= 4 is 41.1 Å². The number of hydrogen-bond donors (Lipinski definition) is 2. The van der Waals surface area contributed by atoms with Crippen LogP contribution in [0.2, 0.25) is 5.02 Å². The van der Waals surface area contributed by atoms with Crippen molar-refractivity contribution in [3.63, 3.8) is 0 Å². The summed E-state index contributed by atoms with van der Waals surface area (Å²) < 4.78 is 4.81. The van der Waals surface area contributed by atoms with Crippen LogP contribution in [0.5, 0.6) is 0 Å². The molecule has 0 aliphatic carbocycles. The molecular formula is C23H20ClN3O4S. The number of carbonyl (C=O) groups is 3. The highest BCUT2D eigenvalue weighted by molar-refractivity contribution is 8.03. The van der Waals surface area contributed by atoms with Gasteiger partial charge in [-0.2, -0.15) is 5.26 Å². The van der Waals surface area contributed by atoms with Gasteiger partial charge in [0.25, 0.3) is 0 Å². The first-order chi connectivity index (χ1) is 15.4. The van der Waals surface area contributed by atoms with Crippen LogP contribution in [0.1, 0.15) is 17.0 Å². The summed E-state index contributed by atoms with van der Waals surface area (Å²) in [7, 11) is 1.19. The van der Waals surface area contributed by atoms with Gasteiger partial charge >= 0.3 is 5.97 Å². The molecule has 9 heteroatoms. The number of amides is 2. The van der Waals surface area contributed by atoms with Gasteiger partial charge in [-0.15, -0.1) is 0 Å². The van der Waals surface area contributed by atoms with Gasteiger partial charge < -0.3 is 15.4 Å². The fraction of sp³-hybridized carbons (Fsp3) is 0.217. The number of ether oxygens (including phenoxy) is 1. The van der Waals surface area contributed by atoms with Gasteiger partial charge in [-0.05, 0) is 23.3 Å². The zero-order chi connectivity index (χ0) is 23.1. The maximum Gasteiger partial charge on any atom is 0.319 e. The lowest BCUT2D eigenvalue weighted by Gasteiger charge is -2.30. The van der Waals surface area contributed by atoms with Crippen molar-refractivity contribution in [2.24, 2.45) is 5.92 Å². The van der Waals surface area contributed by atoms with Crippen molar-refractivity contribution in [1.82, 2.24) is 10.6 Å². The Morgan fingerprint density at radius 2 is 1.88 bits per heavy atom. The average Bonchev–Trinajstić information content (AvgIpc) is 2.81. The molecule has 164 valence electrons. The van der Waals surface area contributed by atoms with Crippen LogP contribution in [-0.2, 0) is 25.7 Å². The molecule has 1 aliphatic heterocycles. The largest absolute Gasteiger partial charge is 0.468 e. The molecule has 2 aromatic rings. The number of hydrogen-bond acceptors (Lipinski definition) is 6. The number of esters is 1. The highest BCUT2D eigenvalue weighted by Crippen LogP contribution is 2.40. The molecule has 0 saturated carbocycles. The Morgan fingerprint density at radius 1 is 1.19 bits per heavy atom. The lowest BCUT2D eigenvalue weighted by molar-refractivity contribution is -0.150. The standard InChI is InChI=1S/C23H20ClN3O4S/c1-31-23(30)20-19(15-7-9-16(24)10-8-15)17(11-25)22(27-21(20)29)32-13-18(28)26-12-14-5-3-2-4-6-14/h2-10,19-20H,12-13H2,1H3,(H,26,28)(H,27,29)/t19-,20-/m0/s1. The molecule has 2 amide bonds. The Balaban J connectivity index is 1.82. The highest BCUT2D eigenvalue weighted by Gasteiger charge is 2.44. The van der Waals surface area contributed by atoms with Crippen molar-refractivity contribution < 1.29 is 19.1 Å². The number of nitrogens with one attached hydrogen (secondary N) is 2. The van der Waals surface area contributed by atoms with Crippen LogP contribution in [0.25, 0.3) is 0 Å². The zero-order valence-electron chi connectivity index (χ0n) is 17.1. The Kier molecular flexibility index (Phi) is 7.92. The van der Waals surface area contributed by atoms with Gasteiger partial charge in [0.05, 0.1) is 29.5 Å². The summed E-state index contributed by atoms with van der Waals surface area (Å²) in [6, 6.07) is 18.1. The molecule has 0 bridgehead atoms. The summed E-state index contributed by atoms with van der Waals surface area (Å²) in [5.41, 5.74) is 1.71. The van der Waals surface area contributed by atoms with Gasteiger partial charge in [-0.1, -0.05) is 65.8 Å². The second-order valence-electron chi connectivity index (χ2n) is 6.92. The number of thioether (sulfide) groups is 1. The van der Waals surface area contributed by atoms with Crippen LogP contribution >= 0.6 is 23.4 Å². The molecule has 7 nitrogen and oxygen atoms in total. The number of nitrogens with zero attached hydrogens (tertiary/aromatic N) is 1. The van der Waals surface area contributed by atoms with E-state index in [0.717, 1.165) is 17.3 Å². The van der Waals surface area contributed by atoms with Gasteiger partial charge in [0, 0.05) is 17.5 Å². The van der Waals surface area contributed by atoms with E-state index in [1.54, 1.807) is 24.3 Å². The molecule has 2 N–H and O–H groups in total. The average molecular weight is 470 g/mol. The maximum absolute atomic E-state index is 12.8. The third-order valence-corrected chi connectivity index (χ3v) is 6.16. The van der Waals surface area contributed by atoms with Crippen molar-refractivity contribution in [3.05, 3.63) is 81.3 Å². The second-order valence-corrected chi connectivity index (χ2v) is 8.35. The summed E-state index contributed by atoms with van der Waals surface area (Å²) in [6.45, 7) is 0.370. The van der Waals surface area contributed by atoms with Gasteiger partial charge in [-0.3, -0.25) is 14.4 Å². The summed E-state index contributed by atoms with van der Waals surface area (Å²) in [4.78, 5) is 37.5.